The van der Waals surface area contributed by atoms with Gasteiger partial charge in [0.25, 0.3) is 0 Å². The van der Waals surface area contributed by atoms with Gasteiger partial charge in [0.1, 0.15) is 11.5 Å². The molecule has 0 saturated carbocycles. The van der Waals surface area contributed by atoms with E-state index >= 15 is 0 Å². The van der Waals surface area contributed by atoms with Gasteiger partial charge in [0.15, 0.2) is 5.78 Å². The minimum absolute atomic E-state index is 0.0821. The van der Waals surface area contributed by atoms with Crippen LogP contribution in [0.25, 0.3) is 0 Å². The zero-order valence-corrected chi connectivity index (χ0v) is 15.7. The quantitative estimate of drug-likeness (QED) is 0.633. The van der Waals surface area contributed by atoms with Crippen molar-refractivity contribution in [2.45, 2.75) is 26.7 Å². The molecule has 1 amide bonds. The fraction of sp³-hybridized carbons (Fsp3) is 0.333. The summed E-state index contributed by atoms with van der Waals surface area (Å²) in [4.78, 5) is 24.8. The lowest BCUT2D eigenvalue weighted by Crippen LogP contribution is -2.14. The molecule has 134 valence electrons. The molecule has 1 heterocycles. The van der Waals surface area contributed by atoms with Gasteiger partial charge >= 0.3 is 0 Å². The van der Waals surface area contributed by atoms with Gasteiger partial charge in [0, 0.05) is 18.9 Å². The molecule has 2 rings (SSSR count). The third-order valence-corrected chi connectivity index (χ3v) is 4.54. The Bertz CT molecular complexity index is 744. The summed E-state index contributed by atoms with van der Waals surface area (Å²) in [5.74, 6) is 0.854. The largest absolute Gasteiger partial charge is 0.494 e. The first kappa shape index (κ1) is 19.3. The fourth-order valence-corrected chi connectivity index (χ4v) is 3.18. The maximum absolute atomic E-state index is 12.2. The second-order valence-corrected chi connectivity index (χ2v) is 6.81. The second-order valence-electron chi connectivity index (χ2n) is 5.10. The van der Waals surface area contributed by atoms with E-state index in [-0.39, 0.29) is 24.5 Å². The molecule has 0 aliphatic rings. The number of rotatable bonds is 9. The van der Waals surface area contributed by atoms with Crippen LogP contribution in [-0.4, -0.2) is 24.9 Å². The topological polar surface area (TPSA) is 64.6 Å². The van der Waals surface area contributed by atoms with E-state index in [0.29, 0.717) is 39.6 Å². The molecule has 0 radical (unpaired) electrons. The van der Waals surface area contributed by atoms with Crippen LogP contribution in [-0.2, 0) is 4.79 Å². The summed E-state index contributed by atoms with van der Waals surface area (Å²) in [5.41, 5.74) is 0.532. The lowest BCUT2D eigenvalue weighted by molar-refractivity contribution is -0.116. The van der Waals surface area contributed by atoms with E-state index in [2.05, 4.69) is 5.32 Å². The summed E-state index contributed by atoms with van der Waals surface area (Å²) in [7, 11) is 0. The lowest BCUT2D eigenvalue weighted by Gasteiger charge is -2.13. The molecule has 1 aromatic carbocycles. The predicted octanol–water partition coefficient (Wildman–Crippen LogP) is 4.80. The Kier molecular flexibility index (Phi) is 7.28. The third-order valence-electron chi connectivity index (χ3n) is 3.26. The molecule has 0 aliphatic carbocycles. The van der Waals surface area contributed by atoms with Crippen molar-refractivity contribution in [3.8, 4) is 11.5 Å². The molecule has 0 bridgehead atoms. The van der Waals surface area contributed by atoms with E-state index in [4.69, 9.17) is 21.1 Å². The highest BCUT2D eigenvalue weighted by Crippen LogP contribution is 2.30. The van der Waals surface area contributed by atoms with Crippen molar-refractivity contribution < 1.29 is 19.1 Å². The summed E-state index contributed by atoms with van der Waals surface area (Å²) >= 11 is 7.04. The van der Waals surface area contributed by atoms with Gasteiger partial charge in [-0.3, -0.25) is 9.59 Å². The standard InChI is InChI=1S/C18H20ClNO4S/c1-3-23-12-5-7-15(24-4-2)13(11-12)20-18(22)10-6-14(21)16-8-9-17(19)25-16/h5,7-9,11H,3-4,6,10H2,1-2H3,(H,20,22). The SMILES string of the molecule is CCOc1ccc(OCC)c(NC(=O)CCC(=O)c2ccc(Cl)s2)c1. The first-order valence-corrected chi connectivity index (χ1v) is 9.21. The highest BCUT2D eigenvalue weighted by atomic mass is 35.5. The number of ether oxygens (including phenoxy) is 2. The van der Waals surface area contributed by atoms with Crippen molar-refractivity contribution >= 4 is 40.3 Å². The number of halogens is 1. The molecule has 0 spiro atoms. The van der Waals surface area contributed by atoms with Gasteiger partial charge < -0.3 is 14.8 Å². The minimum Gasteiger partial charge on any atom is -0.494 e. The summed E-state index contributed by atoms with van der Waals surface area (Å²) in [6.07, 6.45) is 0.205. The van der Waals surface area contributed by atoms with Crippen LogP contribution < -0.4 is 14.8 Å². The first-order valence-electron chi connectivity index (χ1n) is 8.01. The zero-order valence-electron chi connectivity index (χ0n) is 14.1. The third kappa shape index (κ3) is 5.76. The molecule has 7 heteroatoms. The Morgan fingerprint density at radius 1 is 1.08 bits per heavy atom. The number of thiophene rings is 1. The molecule has 1 N–H and O–H groups in total. The average molecular weight is 382 g/mol. The molecule has 0 saturated heterocycles. The van der Waals surface area contributed by atoms with Gasteiger partial charge in [-0.25, -0.2) is 0 Å². The van der Waals surface area contributed by atoms with Crippen molar-refractivity contribution in [1.82, 2.24) is 0 Å². The maximum atomic E-state index is 12.2. The number of Topliss-reactive ketones (excluding diaryl/α,β-unsaturated/α-hetero) is 1. The summed E-state index contributed by atoms with van der Waals surface area (Å²) in [6.45, 7) is 4.76. The molecule has 1 aromatic heterocycles. The van der Waals surface area contributed by atoms with Crippen LogP contribution in [0.15, 0.2) is 30.3 Å². The molecular formula is C18H20ClNO4S. The lowest BCUT2D eigenvalue weighted by atomic mass is 10.2. The molecule has 25 heavy (non-hydrogen) atoms. The van der Waals surface area contributed by atoms with Crippen molar-refractivity contribution in [3.05, 3.63) is 39.5 Å². The molecule has 0 atom stereocenters. The van der Waals surface area contributed by atoms with E-state index in [1.54, 1.807) is 30.3 Å². The van der Waals surface area contributed by atoms with E-state index in [1.807, 2.05) is 13.8 Å². The summed E-state index contributed by atoms with van der Waals surface area (Å²) in [5, 5.41) is 2.79. The van der Waals surface area contributed by atoms with E-state index < -0.39 is 0 Å². The molecular weight excluding hydrogens is 362 g/mol. The van der Waals surface area contributed by atoms with Gasteiger partial charge in [-0.15, -0.1) is 11.3 Å². The van der Waals surface area contributed by atoms with Crippen LogP contribution in [0.3, 0.4) is 0 Å². The van der Waals surface area contributed by atoms with Crippen LogP contribution in [0.1, 0.15) is 36.4 Å². The molecule has 0 fully saturated rings. The number of hydrogen-bond acceptors (Lipinski definition) is 5. The minimum atomic E-state index is -0.259. The Morgan fingerprint density at radius 2 is 1.84 bits per heavy atom. The number of benzene rings is 1. The van der Waals surface area contributed by atoms with Crippen LogP contribution in [0.5, 0.6) is 11.5 Å². The second kappa shape index (κ2) is 9.44. The van der Waals surface area contributed by atoms with Gasteiger partial charge in [0.05, 0.1) is 28.1 Å². The van der Waals surface area contributed by atoms with Gasteiger partial charge in [-0.1, -0.05) is 11.6 Å². The van der Waals surface area contributed by atoms with E-state index in [9.17, 15) is 9.59 Å². The van der Waals surface area contributed by atoms with Crippen LogP contribution in [0.2, 0.25) is 4.34 Å². The van der Waals surface area contributed by atoms with Crippen molar-refractivity contribution in [2.24, 2.45) is 0 Å². The molecule has 5 nitrogen and oxygen atoms in total. The zero-order chi connectivity index (χ0) is 18.2. The van der Waals surface area contributed by atoms with Crippen LogP contribution in [0, 0.1) is 0 Å². The molecule has 0 unspecified atom stereocenters. The van der Waals surface area contributed by atoms with Gasteiger partial charge in [-0.2, -0.15) is 0 Å². The number of amides is 1. The number of carbonyl (C=O) groups is 2. The fourth-order valence-electron chi connectivity index (χ4n) is 2.17. The number of ketones is 1. The summed E-state index contributed by atoms with van der Waals surface area (Å²) in [6, 6.07) is 8.60. The number of nitrogens with one attached hydrogen (secondary N) is 1. The Morgan fingerprint density at radius 3 is 2.48 bits per heavy atom. The van der Waals surface area contributed by atoms with Gasteiger partial charge in [0.2, 0.25) is 5.91 Å². The predicted molar refractivity (Wildman–Crippen MR) is 100 cm³/mol. The van der Waals surface area contributed by atoms with E-state index in [0.717, 1.165) is 0 Å². The van der Waals surface area contributed by atoms with Crippen molar-refractivity contribution in [3.63, 3.8) is 0 Å². The van der Waals surface area contributed by atoms with E-state index in [1.165, 1.54) is 11.3 Å². The highest BCUT2D eigenvalue weighted by Gasteiger charge is 2.14. The molecule has 0 aliphatic heterocycles. The Hall–Kier alpha value is -2.05. The number of carbonyl (C=O) groups excluding carboxylic acids is 2. The van der Waals surface area contributed by atoms with Crippen LogP contribution >= 0.6 is 22.9 Å². The average Bonchev–Trinajstić information content (AvgIpc) is 3.02. The summed E-state index contributed by atoms with van der Waals surface area (Å²) < 4.78 is 11.5. The Balaban J connectivity index is 1.98. The normalized spacial score (nSPS) is 10.4. The van der Waals surface area contributed by atoms with Crippen molar-refractivity contribution in [2.75, 3.05) is 18.5 Å². The Labute approximate surface area is 155 Å². The number of anilines is 1. The number of hydrogen-bond donors (Lipinski definition) is 1. The smallest absolute Gasteiger partial charge is 0.224 e. The van der Waals surface area contributed by atoms with Gasteiger partial charge in [-0.05, 0) is 38.1 Å². The van der Waals surface area contributed by atoms with Crippen molar-refractivity contribution in [1.29, 1.82) is 0 Å². The first-order chi connectivity index (χ1) is 12.0. The highest BCUT2D eigenvalue weighted by molar-refractivity contribution is 7.18. The maximum Gasteiger partial charge on any atom is 0.224 e. The molecule has 2 aromatic rings. The van der Waals surface area contributed by atoms with Crippen LogP contribution in [0.4, 0.5) is 5.69 Å². The monoisotopic (exact) mass is 381 g/mol.